The van der Waals surface area contributed by atoms with E-state index in [0.29, 0.717) is 6.07 Å². The van der Waals surface area contributed by atoms with Crippen LogP contribution in [0.15, 0.2) is 6.07 Å². The van der Waals surface area contributed by atoms with E-state index in [0.717, 1.165) is 0 Å². The van der Waals surface area contributed by atoms with Crippen molar-refractivity contribution in [2.24, 2.45) is 11.6 Å². The number of nitrogens with two attached hydrogens (primary N) is 2. The summed E-state index contributed by atoms with van der Waals surface area (Å²) in [5, 5.41) is 2.51. The number of rotatable bonds is 5. The van der Waals surface area contributed by atoms with E-state index in [2.05, 4.69) is 20.0 Å². The van der Waals surface area contributed by atoms with E-state index in [1.165, 1.54) is 0 Å². The fourth-order valence-electron chi connectivity index (χ4n) is 1.08. The molecule has 0 unspecified atom stereocenters. The molecule has 0 aliphatic carbocycles. The third-order valence-electron chi connectivity index (χ3n) is 1.80. The van der Waals surface area contributed by atoms with Crippen molar-refractivity contribution in [3.63, 3.8) is 0 Å². The minimum Gasteiger partial charge on any atom is -0.448 e. The van der Waals surface area contributed by atoms with Crippen LogP contribution in [0, 0.1) is 0 Å². The fourth-order valence-corrected chi connectivity index (χ4v) is 1.08. The van der Waals surface area contributed by atoms with Gasteiger partial charge < -0.3 is 15.8 Å². The molecule has 11 heteroatoms. The summed E-state index contributed by atoms with van der Waals surface area (Å²) >= 11 is 0. The van der Waals surface area contributed by atoms with E-state index in [4.69, 9.17) is 11.6 Å². The van der Waals surface area contributed by atoms with Crippen LogP contribution in [-0.2, 0) is 10.9 Å². The average Bonchev–Trinajstić information content (AvgIpc) is 2.33. The average molecular weight is 280 g/mol. The van der Waals surface area contributed by atoms with Crippen molar-refractivity contribution in [3.8, 4) is 0 Å². The molecule has 0 aliphatic rings. The number of anilines is 2. The van der Waals surface area contributed by atoms with Crippen LogP contribution in [0.5, 0.6) is 0 Å². The molecule has 0 saturated heterocycles. The number of hydrogen-bond acceptors (Lipinski definition) is 7. The van der Waals surface area contributed by atoms with Crippen LogP contribution in [0.1, 0.15) is 5.69 Å². The van der Waals surface area contributed by atoms with E-state index in [-0.39, 0.29) is 19.0 Å². The molecule has 6 N–H and O–H groups in total. The molecule has 0 saturated carbocycles. The predicted octanol–water partition coefficient (Wildman–Crippen LogP) is 0.288. The summed E-state index contributed by atoms with van der Waals surface area (Å²) in [5.74, 6) is 4.45. The number of amides is 1. The maximum absolute atomic E-state index is 12.5. The summed E-state index contributed by atoms with van der Waals surface area (Å²) < 4.78 is 41.9. The second kappa shape index (κ2) is 6.04. The molecule has 0 bridgehead atoms. The lowest BCUT2D eigenvalue weighted by Crippen LogP contribution is -2.20. The number of halogens is 3. The number of alkyl halides is 3. The second-order valence-electron chi connectivity index (χ2n) is 3.20. The van der Waals surface area contributed by atoms with Gasteiger partial charge in [0.05, 0.1) is 6.54 Å². The van der Waals surface area contributed by atoms with Crippen LogP contribution in [0.3, 0.4) is 0 Å². The van der Waals surface area contributed by atoms with Crippen LogP contribution in [-0.4, -0.2) is 29.2 Å². The zero-order valence-electron chi connectivity index (χ0n) is 9.49. The second-order valence-corrected chi connectivity index (χ2v) is 3.20. The van der Waals surface area contributed by atoms with Crippen molar-refractivity contribution in [2.75, 3.05) is 23.9 Å². The van der Waals surface area contributed by atoms with Gasteiger partial charge in [-0.25, -0.2) is 15.6 Å². The minimum atomic E-state index is -4.63. The zero-order chi connectivity index (χ0) is 14.5. The Hall–Kier alpha value is -2.30. The standard InChI is InChI=1S/C8H11F3N6O2/c9-8(10,11)4-3-5(16-7(15-4)17-13)14-1-2-19-6(12)18/h3H,1-2,13H2,(H2,12,18)(H2,14,15,16,17). The van der Waals surface area contributed by atoms with E-state index in [1.807, 2.05) is 5.43 Å². The Morgan fingerprint density at radius 2 is 2.11 bits per heavy atom. The van der Waals surface area contributed by atoms with Gasteiger partial charge in [-0.2, -0.15) is 18.2 Å². The number of carbonyl (C=O) groups excluding carboxylic acids is 1. The maximum atomic E-state index is 12.5. The van der Waals surface area contributed by atoms with Gasteiger partial charge in [0.1, 0.15) is 12.4 Å². The fraction of sp³-hybridized carbons (Fsp3) is 0.375. The topological polar surface area (TPSA) is 128 Å². The van der Waals surface area contributed by atoms with Crippen molar-refractivity contribution < 1.29 is 22.7 Å². The number of hydrazine groups is 1. The first kappa shape index (κ1) is 14.8. The van der Waals surface area contributed by atoms with Crippen molar-refractivity contribution in [1.82, 2.24) is 9.97 Å². The van der Waals surface area contributed by atoms with E-state index >= 15 is 0 Å². The Kier molecular flexibility index (Phi) is 4.69. The first-order valence-corrected chi connectivity index (χ1v) is 4.92. The van der Waals surface area contributed by atoms with Crippen LogP contribution in [0.4, 0.5) is 29.7 Å². The quantitative estimate of drug-likeness (QED) is 0.346. The molecule has 1 aromatic heterocycles. The van der Waals surface area contributed by atoms with Gasteiger partial charge in [0, 0.05) is 6.07 Å². The normalized spacial score (nSPS) is 10.9. The van der Waals surface area contributed by atoms with Gasteiger partial charge in [-0.05, 0) is 0 Å². The molecule has 19 heavy (non-hydrogen) atoms. The molecule has 1 amide bonds. The largest absolute Gasteiger partial charge is 0.448 e. The Morgan fingerprint density at radius 1 is 1.42 bits per heavy atom. The maximum Gasteiger partial charge on any atom is 0.433 e. The highest BCUT2D eigenvalue weighted by atomic mass is 19.4. The molecule has 0 radical (unpaired) electrons. The van der Waals surface area contributed by atoms with E-state index in [1.54, 1.807) is 0 Å². The number of nitrogens with one attached hydrogen (secondary N) is 2. The Labute approximate surface area is 105 Å². The summed E-state index contributed by atoms with van der Waals surface area (Å²) in [4.78, 5) is 17.1. The summed E-state index contributed by atoms with van der Waals surface area (Å²) in [6, 6.07) is 0.700. The summed E-state index contributed by atoms with van der Waals surface area (Å²) in [5.41, 5.74) is 5.47. The number of primary amides is 1. The lowest BCUT2D eigenvalue weighted by molar-refractivity contribution is -0.141. The zero-order valence-corrected chi connectivity index (χ0v) is 9.49. The van der Waals surface area contributed by atoms with Gasteiger partial charge in [-0.3, -0.25) is 5.43 Å². The Morgan fingerprint density at radius 3 is 2.63 bits per heavy atom. The highest BCUT2D eigenvalue weighted by Gasteiger charge is 2.33. The minimum absolute atomic E-state index is 0.0290. The molecule has 0 aliphatic heterocycles. The van der Waals surface area contributed by atoms with Gasteiger partial charge in [-0.1, -0.05) is 0 Å². The number of aromatic nitrogens is 2. The first-order valence-electron chi connectivity index (χ1n) is 4.92. The van der Waals surface area contributed by atoms with Gasteiger partial charge >= 0.3 is 12.3 Å². The predicted molar refractivity (Wildman–Crippen MR) is 58.9 cm³/mol. The smallest absolute Gasteiger partial charge is 0.433 e. The van der Waals surface area contributed by atoms with Crippen molar-refractivity contribution in [3.05, 3.63) is 11.8 Å². The molecule has 1 heterocycles. The van der Waals surface area contributed by atoms with Gasteiger partial charge in [-0.15, -0.1) is 0 Å². The number of nitrogen functional groups attached to an aromatic ring is 1. The first-order chi connectivity index (χ1) is 8.82. The number of ether oxygens (including phenoxy) is 1. The Bertz CT molecular complexity index is 453. The highest BCUT2D eigenvalue weighted by molar-refractivity contribution is 5.64. The van der Waals surface area contributed by atoms with Crippen molar-refractivity contribution in [2.45, 2.75) is 6.18 Å². The molecule has 1 rings (SSSR count). The molecule has 1 aromatic rings. The third kappa shape index (κ3) is 4.83. The summed E-state index contributed by atoms with van der Waals surface area (Å²) in [7, 11) is 0. The number of hydrogen-bond donors (Lipinski definition) is 4. The number of carbonyl (C=O) groups is 1. The molecule has 0 fully saturated rings. The Balaban J connectivity index is 2.74. The van der Waals surface area contributed by atoms with Crippen LogP contribution < -0.4 is 22.3 Å². The van der Waals surface area contributed by atoms with Gasteiger partial charge in [0.15, 0.2) is 5.69 Å². The van der Waals surface area contributed by atoms with Crippen LogP contribution in [0.2, 0.25) is 0 Å². The van der Waals surface area contributed by atoms with Crippen LogP contribution >= 0.6 is 0 Å². The summed E-state index contributed by atoms with van der Waals surface area (Å²) in [6.07, 6.45) is -5.61. The van der Waals surface area contributed by atoms with Crippen molar-refractivity contribution in [1.29, 1.82) is 0 Å². The molecule has 106 valence electrons. The summed E-state index contributed by atoms with van der Waals surface area (Å²) in [6.45, 7) is -0.0899. The molecular formula is C8H11F3N6O2. The SMILES string of the molecule is NNc1nc(NCCOC(N)=O)cc(C(F)(F)F)n1. The number of nitrogens with zero attached hydrogens (tertiary/aromatic N) is 2. The van der Waals surface area contributed by atoms with Crippen molar-refractivity contribution >= 4 is 17.9 Å². The molecule has 0 aromatic carbocycles. The van der Waals surface area contributed by atoms with E-state index in [9.17, 15) is 18.0 Å². The molecule has 8 nitrogen and oxygen atoms in total. The van der Waals surface area contributed by atoms with Crippen LogP contribution in [0.25, 0.3) is 0 Å². The lowest BCUT2D eigenvalue weighted by Gasteiger charge is -2.11. The highest BCUT2D eigenvalue weighted by Crippen LogP contribution is 2.29. The molecule has 0 spiro atoms. The third-order valence-corrected chi connectivity index (χ3v) is 1.80. The monoisotopic (exact) mass is 280 g/mol. The van der Waals surface area contributed by atoms with Gasteiger partial charge in [0.25, 0.3) is 0 Å². The lowest BCUT2D eigenvalue weighted by atomic mass is 10.4. The van der Waals surface area contributed by atoms with Gasteiger partial charge in [0.2, 0.25) is 5.95 Å². The molecular weight excluding hydrogens is 269 g/mol. The van der Waals surface area contributed by atoms with E-state index < -0.39 is 23.9 Å². The molecule has 0 atom stereocenters.